The summed E-state index contributed by atoms with van der Waals surface area (Å²) in [7, 11) is 0. The van der Waals surface area contributed by atoms with Gasteiger partial charge in [0.05, 0.1) is 5.02 Å². The normalized spacial score (nSPS) is 12.5. The van der Waals surface area contributed by atoms with Crippen LogP contribution in [0.2, 0.25) is 10.0 Å². The fraction of sp³-hybridized carbons (Fsp3) is 0.143. The Kier molecular flexibility index (Phi) is 4.82. The zero-order chi connectivity index (χ0) is 14.0. The maximum Gasteiger partial charge on any atom is 0.142 e. The summed E-state index contributed by atoms with van der Waals surface area (Å²) in [6.45, 7) is 0. The van der Waals surface area contributed by atoms with Gasteiger partial charge in [0.2, 0.25) is 0 Å². The maximum absolute atomic E-state index is 13.7. The van der Waals surface area contributed by atoms with Crippen molar-refractivity contribution in [2.24, 2.45) is 0 Å². The molecule has 2 rings (SSSR count). The quantitative estimate of drug-likeness (QED) is 0.589. The molecule has 1 unspecified atom stereocenters. The first kappa shape index (κ1) is 14.8. The van der Waals surface area contributed by atoms with Gasteiger partial charge < -0.3 is 0 Å². The van der Waals surface area contributed by atoms with Crippen molar-refractivity contribution in [3.05, 3.63) is 69.2 Å². The molecule has 0 bridgehead atoms. The Labute approximate surface area is 128 Å². The second kappa shape index (κ2) is 6.21. The van der Waals surface area contributed by atoms with Crippen LogP contribution in [0.1, 0.15) is 16.0 Å². The second-order valence-electron chi connectivity index (χ2n) is 4.01. The Balaban J connectivity index is 2.31. The van der Waals surface area contributed by atoms with E-state index in [4.69, 9.17) is 23.2 Å². The molecule has 0 spiro atoms. The first-order valence-corrected chi connectivity index (χ1v) is 7.18. The van der Waals surface area contributed by atoms with Gasteiger partial charge in [-0.15, -0.1) is 0 Å². The van der Waals surface area contributed by atoms with Gasteiger partial charge in [0.1, 0.15) is 11.6 Å². The van der Waals surface area contributed by atoms with Crippen molar-refractivity contribution in [3.8, 4) is 0 Å². The molecule has 0 heterocycles. The van der Waals surface area contributed by atoms with E-state index in [2.05, 4.69) is 15.9 Å². The highest BCUT2D eigenvalue weighted by Gasteiger charge is 2.18. The van der Waals surface area contributed by atoms with Crippen LogP contribution in [-0.2, 0) is 6.42 Å². The molecule has 0 saturated carbocycles. The minimum Gasteiger partial charge on any atom is -0.207 e. The molecule has 0 aliphatic heterocycles. The van der Waals surface area contributed by atoms with E-state index in [9.17, 15) is 8.78 Å². The van der Waals surface area contributed by atoms with Crippen LogP contribution in [0.4, 0.5) is 8.78 Å². The lowest BCUT2D eigenvalue weighted by Crippen LogP contribution is -2.00. The van der Waals surface area contributed by atoms with E-state index in [1.54, 1.807) is 24.3 Å². The highest BCUT2D eigenvalue weighted by atomic mass is 79.9. The first-order valence-electron chi connectivity index (χ1n) is 5.51. The summed E-state index contributed by atoms with van der Waals surface area (Å²) in [5.41, 5.74) is 0.951. The van der Waals surface area contributed by atoms with Gasteiger partial charge in [0.15, 0.2) is 0 Å². The number of halogens is 5. The number of rotatable bonds is 3. The van der Waals surface area contributed by atoms with Crippen molar-refractivity contribution >= 4 is 39.1 Å². The van der Waals surface area contributed by atoms with Crippen LogP contribution in [0.25, 0.3) is 0 Å². The number of hydrogen-bond donors (Lipinski definition) is 0. The third-order valence-corrected chi connectivity index (χ3v) is 4.33. The van der Waals surface area contributed by atoms with Crippen molar-refractivity contribution in [1.82, 2.24) is 0 Å². The lowest BCUT2D eigenvalue weighted by Gasteiger charge is -2.14. The fourth-order valence-electron chi connectivity index (χ4n) is 1.78. The molecular weight excluding hydrogens is 357 g/mol. The molecule has 0 N–H and O–H groups in total. The highest BCUT2D eigenvalue weighted by molar-refractivity contribution is 9.09. The molecule has 19 heavy (non-hydrogen) atoms. The van der Waals surface area contributed by atoms with E-state index >= 15 is 0 Å². The monoisotopic (exact) mass is 364 g/mol. The molecule has 0 amide bonds. The molecule has 0 nitrogen and oxygen atoms in total. The van der Waals surface area contributed by atoms with Gasteiger partial charge in [-0.1, -0.05) is 57.3 Å². The molecule has 0 saturated heterocycles. The summed E-state index contributed by atoms with van der Waals surface area (Å²) in [4.78, 5) is -0.315. The molecule has 2 aromatic rings. The summed E-state index contributed by atoms with van der Waals surface area (Å²) < 4.78 is 27.1. The molecular formula is C14H9BrCl2F2. The molecule has 0 aliphatic rings. The van der Waals surface area contributed by atoms with Gasteiger partial charge in [-0.25, -0.2) is 8.78 Å². The minimum absolute atomic E-state index is 0.0387. The third kappa shape index (κ3) is 3.28. The standard InChI is InChI=1S/C14H9BrCl2F2/c15-10(8-3-1-6-13(19)14(8)17)7-9-11(16)4-2-5-12(9)18/h1-6,10H,7H2. The topological polar surface area (TPSA) is 0 Å². The Morgan fingerprint density at radius 2 is 1.63 bits per heavy atom. The van der Waals surface area contributed by atoms with E-state index in [1.165, 1.54) is 12.1 Å². The molecule has 2 aromatic carbocycles. The molecule has 1 atom stereocenters. The average Bonchev–Trinajstić information content (AvgIpc) is 2.37. The fourth-order valence-corrected chi connectivity index (χ4v) is 3.11. The van der Waals surface area contributed by atoms with Gasteiger partial charge in [0, 0.05) is 15.4 Å². The van der Waals surface area contributed by atoms with Crippen LogP contribution in [-0.4, -0.2) is 0 Å². The Morgan fingerprint density at radius 3 is 2.32 bits per heavy atom. The second-order valence-corrected chi connectivity index (χ2v) is 5.91. The third-order valence-electron chi connectivity index (χ3n) is 2.76. The van der Waals surface area contributed by atoms with Gasteiger partial charge in [-0.05, 0) is 30.2 Å². The van der Waals surface area contributed by atoms with Crippen molar-refractivity contribution in [2.45, 2.75) is 11.2 Å². The highest BCUT2D eigenvalue weighted by Crippen LogP contribution is 2.35. The Bertz CT molecular complexity index is 582. The molecule has 0 fully saturated rings. The predicted octanol–water partition coefficient (Wildman–Crippen LogP) is 5.95. The van der Waals surface area contributed by atoms with Crippen LogP contribution in [0.3, 0.4) is 0 Å². The van der Waals surface area contributed by atoms with Crippen LogP contribution in [0.5, 0.6) is 0 Å². The Morgan fingerprint density at radius 1 is 1.00 bits per heavy atom. The van der Waals surface area contributed by atoms with E-state index in [0.717, 1.165) is 0 Å². The van der Waals surface area contributed by atoms with Crippen LogP contribution < -0.4 is 0 Å². The summed E-state index contributed by atoms with van der Waals surface area (Å²) in [6.07, 6.45) is 0.286. The zero-order valence-corrected chi connectivity index (χ0v) is 12.7. The summed E-state index contributed by atoms with van der Waals surface area (Å²) in [5, 5.41) is 0.383. The van der Waals surface area contributed by atoms with Gasteiger partial charge in [-0.2, -0.15) is 0 Å². The summed E-state index contributed by atoms with van der Waals surface area (Å²) in [6, 6.07) is 9.04. The zero-order valence-electron chi connectivity index (χ0n) is 9.64. The molecule has 100 valence electrons. The maximum atomic E-state index is 13.7. The average molecular weight is 366 g/mol. The lowest BCUT2D eigenvalue weighted by molar-refractivity contribution is 0.607. The van der Waals surface area contributed by atoms with Gasteiger partial charge in [-0.3, -0.25) is 0 Å². The van der Waals surface area contributed by atoms with E-state index in [0.29, 0.717) is 16.1 Å². The predicted molar refractivity (Wildman–Crippen MR) is 78.2 cm³/mol. The van der Waals surface area contributed by atoms with Gasteiger partial charge >= 0.3 is 0 Å². The molecule has 0 aromatic heterocycles. The number of benzene rings is 2. The largest absolute Gasteiger partial charge is 0.207 e. The summed E-state index contributed by atoms with van der Waals surface area (Å²) in [5.74, 6) is -0.882. The van der Waals surface area contributed by atoms with E-state index in [-0.39, 0.29) is 22.1 Å². The Hall–Kier alpha value is -0.640. The lowest BCUT2D eigenvalue weighted by atomic mass is 10.0. The van der Waals surface area contributed by atoms with Crippen LogP contribution >= 0.6 is 39.1 Å². The van der Waals surface area contributed by atoms with E-state index < -0.39 is 5.82 Å². The first-order chi connectivity index (χ1) is 9.00. The van der Waals surface area contributed by atoms with Crippen molar-refractivity contribution in [1.29, 1.82) is 0 Å². The van der Waals surface area contributed by atoms with Crippen molar-refractivity contribution in [3.63, 3.8) is 0 Å². The van der Waals surface area contributed by atoms with Crippen LogP contribution in [0.15, 0.2) is 36.4 Å². The molecule has 0 radical (unpaired) electrons. The molecule has 0 aliphatic carbocycles. The van der Waals surface area contributed by atoms with Gasteiger partial charge in [0.25, 0.3) is 0 Å². The summed E-state index contributed by atoms with van der Waals surface area (Å²) >= 11 is 15.3. The van der Waals surface area contributed by atoms with Crippen LogP contribution in [0, 0.1) is 11.6 Å². The van der Waals surface area contributed by atoms with Crippen molar-refractivity contribution < 1.29 is 8.78 Å². The smallest absolute Gasteiger partial charge is 0.142 e. The number of alkyl halides is 1. The molecule has 5 heteroatoms. The minimum atomic E-state index is -0.497. The van der Waals surface area contributed by atoms with E-state index in [1.807, 2.05) is 0 Å². The number of hydrogen-bond acceptors (Lipinski definition) is 0. The van der Waals surface area contributed by atoms with Crippen molar-refractivity contribution in [2.75, 3.05) is 0 Å². The SMILES string of the molecule is Fc1cccc(C(Br)Cc2c(F)cccc2Cl)c1Cl.